The third-order valence-electron chi connectivity index (χ3n) is 4.37. The number of hydrogen-bond acceptors (Lipinski definition) is 5. The van der Waals surface area contributed by atoms with E-state index < -0.39 is 5.91 Å². The number of hydrogen-bond donors (Lipinski definition) is 2. The zero-order valence-electron chi connectivity index (χ0n) is 14.9. The van der Waals surface area contributed by atoms with Crippen LogP contribution in [0.4, 0.5) is 0 Å². The normalized spacial score (nSPS) is 13.3. The molecule has 0 radical (unpaired) electrons. The maximum atomic E-state index is 12.8. The quantitative estimate of drug-likeness (QED) is 0.393. The standard InChI is InChI=1S/C20H18N4O3S/c25-17(22-23-18(26)13-6-2-1-3-7-13)12-28-20-21-16-9-5-4-8-15(16)19(27)24(20)14-10-11-14/h1-9,14H,10-12H2,(H,22,25)(H,23,26). The molecular weight excluding hydrogens is 376 g/mol. The summed E-state index contributed by atoms with van der Waals surface area (Å²) in [7, 11) is 0. The molecule has 2 amide bonds. The van der Waals surface area contributed by atoms with Crippen molar-refractivity contribution in [2.45, 2.75) is 24.0 Å². The van der Waals surface area contributed by atoms with E-state index in [1.165, 1.54) is 11.8 Å². The number of hydrazine groups is 1. The first-order chi connectivity index (χ1) is 13.6. The van der Waals surface area contributed by atoms with E-state index >= 15 is 0 Å². The molecule has 2 aromatic carbocycles. The molecular formula is C20H18N4O3S. The van der Waals surface area contributed by atoms with Crippen LogP contribution in [-0.4, -0.2) is 27.1 Å². The molecule has 2 N–H and O–H groups in total. The molecule has 0 aliphatic heterocycles. The van der Waals surface area contributed by atoms with Gasteiger partial charge in [0.15, 0.2) is 5.16 Å². The molecule has 0 spiro atoms. The Hall–Kier alpha value is -3.13. The van der Waals surface area contributed by atoms with Gasteiger partial charge in [-0.25, -0.2) is 4.98 Å². The van der Waals surface area contributed by atoms with Gasteiger partial charge in [-0.2, -0.15) is 0 Å². The Labute approximate surface area is 165 Å². The van der Waals surface area contributed by atoms with E-state index in [0.29, 0.717) is 21.6 Å². The van der Waals surface area contributed by atoms with Gasteiger partial charge in [0.05, 0.1) is 16.7 Å². The Bertz CT molecular complexity index is 1090. The molecule has 1 aliphatic carbocycles. The monoisotopic (exact) mass is 394 g/mol. The average molecular weight is 394 g/mol. The van der Waals surface area contributed by atoms with Crippen LogP contribution < -0.4 is 16.4 Å². The lowest BCUT2D eigenvalue weighted by Gasteiger charge is -2.12. The predicted molar refractivity (Wildman–Crippen MR) is 107 cm³/mol. The van der Waals surface area contributed by atoms with Crippen LogP contribution in [0.15, 0.2) is 64.5 Å². The van der Waals surface area contributed by atoms with Gasteiger partial charge < -0.3 is 0 Å². The van der Waals surface area contributed by atoms with Gasteiger partial charge in [0, 0.05) is 11.6 Å². The third-order valence-corrected chi connectivity index (χ3v) is 5.32. The van der Waals surface area contributed by atoms with E-state index in [0.717, 1.165) is 12.8 Å². The number of para-hydroxylation sites is 1. The lowest BCUT2D eigenvalue weighted by atomic mass is 10.2. The molecule has 1 aliphatic rings. The molecule has 1 saturated carbocycles. The molecule has 0 bridgehead atoms. The van der Waals surface area contributed by atoms with Gasteiger partial charge in [0.2, 0.25) is 5.91 Å². The predicted octanol–water partition coefficient (Wildman–Crippen LogP) is 2.28. The summed E-state index contributed by atoms with van der Waals surface area (Å²) in [5.74, 6) is -0.733. The van der Waals surface area contributed by atoms with Crippen LogP contribution in [0.3, 0.4) is 0 Å². The number of nitrogens with zero attached hydrogens (tertiary/aromatic N) is 2. The lowest BCUT2D eigenvalue weighted by molar-refractivity contribution is -0.119. The summed E-state index contributed by atoms with van der Waals surface area (Å²) in [6.07, 6.45) is 1.87. The lowest BCUT2D eigenvalue weighted by Crippen LogP contribution is -2.42. The van der Waals surface area contributed by atoms with Crippen molar-refractivity contribution in [1.82, 2.24) is 20.4 Å². The van der Waals surface area contributed by atoms with Gasteiger partial charge in [-0.05, 0) is 37.1 Å². The van der Waals surface area contributed by atoms with E-state index in [-0.39, 0.29) is 23.3 Å². The van der Waals surface area contributed by atoms with Gasteiger partial charge in [-0.15, -0.1) is 0 Å². The summed E-state index contributed by atoms with van der Waals surface area (Å²) in [6.45, 7) is 0. The highest BCUT2D eigenvalue weighted by Crippen LogP contribution is 2.36. The fraction of sp³-hybridized carbons (Fsp3) is 0.200. The van der Waals surface area contributed by atoms with Crippen LogP contribution in [0.2, 0.25) is 0 Å². The topological polar surface area (TPSA) is 93.1 Å². The minimum atomic E-state index is -0.391. The minimum Gasteiger partial charge on any atom is -0.284 e. The van der Waals surface area contributed by atoms with Crippen molar-refractivity contribution in [2.24, 2.45) is 0 Å². The van der Waals surface area contributed by atoms with Crippen LogP contribution in [0.25, 0.3) is 10.9 Å². The molecule has 1 aromatic heterocycles. The van der Waals surface area contributed by atoms with E-state index in [1.807, 2.05) is 18.2 Å². The zero-order chi connectivity index (χ0) is 19.5. The largest absolute Gasteiger partial charge is 0.284 e. The molecule has 142 valence electrons. The van der Waals surface area contributed by atoms with Crippen LogP contribution in [0.5, 0.6) is 0 Å². The van der Waals surface area contributed by atoms with E-state index in [1.54, 1.807) is 41.0 Å². The number of rotatable bonds is 5. The van der Waals surface area contributed by atoms with Crippen LogP contribution in [0.1, 0.15) is 29.2 Å². The fourth-order valence-corrected chi connectivity index (χ4v) is 3.70. The number of carbonyl (C=O) groups excluding carboxylic acids is 2. The highest BCUT2D eigenvalue weighted by atomic mass is 32.2. The molecule has 4 rings (SSSR count). The summed E-state index contributed by atoms with van der Waals surface area (Å²) in [5.41, 5.74) is 5.77. The smallest absolute Gasteiger partial charge is 0.269 e. The SMILES string of the molecule is O=C(CSc1nc2ccccc2c(=O)n1C1CC1)NNC(=O)c1ccccc1. The Balaban J connectivity index is 1.44. The number of carbonyl (C=O) groups is 2. The van der Waals surface area contributed by atoms with Crippen LogP contribution in [0, 0.1) is 0 Å². The van der Waals surface area contributed by atoms with Gasteiger partial charge in [0.1, 0.15) is 0 Å². The van der Waals surface area contributed by atoms with Crippen molar-refractivity contribution in [3.05, 3.63) is 70.5 Å². The number of aromatic nitrogens is 2. The number of thioether (sulfide) groups is 1. The summed E-state index contributed by atoms with van der Waals surface area (Å²) in [5, 5.41) is 1.11. The van der Waals surface area contributed by atoms with Crippen molar-refractivity contribution in [3.63, 3.8) is 0 Å². The van der Waals surface area contributed by atoms with Gasteiger partial charge in [0.25, 0.3) is 11.5 Å². The van der Waals surface area contributed by atoms with Crippen molar-refractivity contribution in [1.29, 1.82) is 0 Å². The maximum Gasteiger partial charge on any atom is 0.269 e. The van der Waals surface area contributed by atoms with Gasteiger partial charge >= 0.3 is 0 Å². The van der Waals surface area contributed by atoms with E-state index in [9.17, 15) is 14.4 Å². The summed E-state index contributed by atoms with van der Waals surface area (Å²) >= 11 is 1.19. The van der Waals surface area contributed by atoms with Crippen LogP contribution in [-0.2, 0) is 4.79 Å². The second-order valence-electron chi connectivity index (χ2n) is 6.47. The van der Waals surface area contributed by atoms with Crippen LogP contribution >= 0.6 is 11.8 Å². The summed E-state index contributed by atoms with van der Waals surface area (Å²) < 4.78 is 1.68. The molecule has 1 heterocycles. The molecule has 0 atom stereocenters. The Morgan fingerprint density at radius 2 is 1.75 bits per heavy atom. The first-order valence-electron chi connectivity index (χ1n) is 8.92. The second-order valence-corrected chi connectivity index (χ2v) is 7.42. The number of nitrogens with one attached hydrogen (secondary N) is 2. The second kappa shape index (κ2) is 7.85. The average Bonchev–Trinajstić information content (AvgIpc) is 3.56. The molecule has 0 unspecified atom stereocenters. The van der Waals surface area contributed by atoms with Crippen molar-refractivity contribution >= 4 is 34.5 Å². The minimum absolute atomic E-state index is 0.0343. The molecule has 7 nitrogen and oxygen atoms in total. The highest BCUT2D eigenvalue weighted by Gasteiger charge is 2.28. The number of benzene rings is 2. The van der Waals surface area contributed by atoms with Crippen molar-refractivity contribution < 1.29 is 9.59 Å². The van der Waals surface area contributed by atoms with Gasteiger partial charge in [-0.1, -0.05) is 42.1 Å². The fourth-order valence-electron chi connectivity index (χ4n) is 2.84. The Morgan fingerprint density at radius 1 is 1.04 bits per heavy atom. The molecule has 1 fully saturated rings. The van der Waals surface area contributed by atoms with E-state index in [4.69, 9.17) is 0 Å². The van der Waals surface area contributed by atoms with Crippen molar-refractivity contribution in [3.8, 4) is 0 Å². The summed E-state index contributed by atoms with van der Waals surface area (Å²) in [6, 6.07) is 16.0. The highest BCUT2D eigenvalue weighted by molar-refractivity contribution is 7.99. The molecule has 3 aromatic rings. The number of amides is 2. The Morgan fingerprint density at radius 3 is 2.50 bits per heavy atom. The van der Waals surface area contributed by atoms with Crippen molar-refractivity contribution in [2.75, 3.05) is 5.75 Å². The first-order valence-corrected chi connectivity index (χ1v) is 9.90. The maximum absolute atomic E-state index is 12.8. The van der Waals surface area contributed by atoms with E-state index in [2.05, 4.69) is 15.8 Å². The molecule has 0 saturated heterocycles. The van der Waals surface area contributed by atoms with Gasteiger partial charge in [-0.3, -0.25) is 29.8 Å². The first kappa shape index (κ1) is 18.2. The number of fused-ring (bicyclic) bond motifs is 1. The summed E-state index contributed by atoms with van der Waals surface area (Å²) in [4.78, 5) is 41.5. The molecule has 28 heavy (non-hydrogen) atoms. The Kier molecular flexibility index (Phi) is 5.12. The zero-order valence-corrected chi connectivity index (χ0v) is 15.7. The molecule has 8 heteroatoms. The third kappa shape index (κ3) is 3.91.